The van der Waals surface area contributed by atoms with Gasteiger partial charge in [-0.05, 0) is 42.2 Å². The minimum atomic E-state index is -0.941. The second-order valence-electron chi connectivity index (χ2n) is 8.03. The van der Waals surface area contributed by atoms with Gasteiger partial charge in [-0.25, -0.2) is 4.79 Å². The highest BCUT2D eigenvalue weighted by Gasteiger charge is 2.29. The summed E-state index contributed by atoms with van der Waals surface area (Å²) in [5.41, 5.74) is 3.16. The molecule has 0 fully saturated rings. The van der Waals surface area contributed by atoms with E-state index < -0.39 is 12.1 Å². The summed E-state index contributed by atoms with van der Waals surface area (Å²) < 4.78 is 11.0. The van der Waals surface area contributed by atoms with Gasteiger partial charge in [-0.1, -0.05) is 38.1 Å². The van der Waals surface area contributed by atoms with Gasteiger partial charge in [0.25, 0.3) is 0 Å². The summed E-state index contributed by atoms with van der Waals surface area (Å²) in [5.74, 6) is 0.540. The Morgan fingerprint density at radius 3 is 2.63 bits per heavy atom. The second kappa shape index (κ2) is 10.3. The number of nitrogens with one attached hydrogen (secondary N) is 1. The van der Waals surface area contributed by atoms with Crippen molar-refractivity contribution in [3.63, 3.8) is 0 Å². The lowest BCUT2D eigenvalue weighted by Gasteiger charge is -2.40. The van der Waals surface area contributed by atoms with Crippen molar-refractivity contribution in [1.82, 2.24) is 0 Å². The number of para-hydroxylation sites is 2. The second-order valence-corrected chi connectivity index (χ2v) is 8.03. The Kier molecular flexibility index (Phi) is 7.57. The molecule has 2 atom stereocenters. The number of carbonyl (C=O) groups is 1. The third-order valence-corrected chi connectivity index (χ3v) is 5.59. The van der Waals surface area contributed by atoms with Crippen LogP contribution in [0.5, 0.6) is 5.75 Å². The molecule has 0 saturated carbocycles. The normalized spacial score (nSPS) is 16.7. The Hall–Kier alpha value is -2.73. The maximum atomic E-state index is 11.1. The van der Waals surface area contributed by atoms with E-state index in [0.29, 0.717) is 18.4 Å². The van der Waals surface area contributed by atoms with Crippen LogP contribution in [0.3, 0.4) is 0 Å². The highest BCUT2D eigenvalue weighted by Crippen LogP contribution is 2.35. The van der Waals surface area contributed by atoms with Gasteiger partial charge >= 0.3 is 5.97 Å². The average Bonchev–Trinajstić information content (AvgIpc) is 2.75. The first kappa shape index (κ1) is 22.0. The number of fused-ring (bicyclic) bond motifs is 1. The van der Waals surface area contributed by atoms with E-state index in [2.05, 4.69) is 36.2 Å². The van der Waals surface area contributed by atoms with Crippen LogP contribution < -0.4 is 15.0 Å². The quantitative estimate of drug-likeness (QED) is 0.574. The van der Waals surface area contributed by atoms with Crippen molar-refractivity contribution in [2.45, 2.75) is 38.8 Å². The van der Waals surface area contributed by atoms with Gasteiger partial charge in [-0.15, -0.1) is 0 Å². The van der Waals surface area contributed by atoms with Gasteiger partial charge in [0.05, 0.1) is 11.7 Å². The van der Waals surface area contributed by atoms with Gasteiger partial charge in [0.15, 0.2) is 6.10 Å². The zero-order chi connectivity index (χ0) is 21.5. The molecule has 2 aromatic carbocycles. The van der Waals surface area contributed by atoms with Crippen LogP contribution >= 0.6 is 0 Å². The summed E-state index contributed by atoms with van der Waals surface area (Å²) >= 11 is 0. The fraction of sp³-hybridized carbons (Fsp3) is 0.458. The van der Waals surface area contributed by atoms with Crippen LogP contribution in [-0.2, 0) is 16.0 Å². The molecule has 2 aromatic rings. The molecule has 0 aliphatic carbocycles. The third kappa shape index (κ3) is 5.45. The largest absolute Gasteiger partial charge is 0.489 e. The summed E-state index contributed by atoms with van der Waals surface area (Å²) in [7, 11) is 1.42. The average molecular weight is 413 g/mol. The molecule has 0 saturated heterocycles. The fourth-order valence-electron chi connectivity index (χ4n) is 3.83. The fourth-order valence-corrected chi connectivity index (χ4v) is 3.83. The number of nitrogens with zero attached hydrogens (tertiary/aromatic N) is 1. The summed E-state index contributed by atoms with van der Waals surface area (Å²) in [6, 6.07) is 16.5. The number of carboxylic acids is 1. The Balaban J connectivity index is 1.52. The van der Waals surface area contributed by atoms with E-state index in [4.69, 9.17) is 14.6 Å². The topological polar surface area (TPSA) is 71.0 Å². The highest BCUT2D eigenvalue weighted by atomic mass is 16.5. The zero-order valence-electron chi connectivity index (χ0n) is 18.0. The molecule has 0 aromatic heterocycles. The van der Waals surface area contributed by atoms with Crippen LogP contribution in [-0.4, -0.2) is 50.0 Å². The summed E-state index contributed by atoms with van der Waals surface area (Å²) in [6.07, 6.45) is 0.553. The standard InChI is InChI=1S/C24H32N2O4/c1-17(2)21-16-30-22-8-5-4-7-20(22)26(21)14-6-13-25-19-11-9-18(10-12-19)15-23(29-3)24(27)28/h4-5,7-12,17,21,23,25H,6,13-16H2,1-3H3,(H,27,28). The Bertz CT molecular complexity index is 822. The predicted molar refractivity (Wildman–Crippen MR) is 120 cm³/mol. The number of methoxy groups -OCH3 is 1. The van der Waals surface area contributed by atoms with Crippen molar-refractivity contribution in [3.8, 4) is 5.75 Å². The first-order chi connectivity index (χ1) is 14.5. The van der Waals surface area contributed by atoms with Gasteiger partial charge in [0.1, 0.15) is 12.4 Å². The summed E-state index contributed by atoms with van der Waals surface area (Å²) in [4.78, 5) is 13.6. The maximum Gasteiger partial charge on any atom is 0.333 e. The molecule has 6 nitrogen and oxygen atoms in total. The van der Waals surface area contributed by atoms with Gasteiger partial charge in [0, 0.05) is 32.3 Å². The molecule has 2 unspecified atom stereocenters. The number of hydrogen-bond donors (Lipinski definition) is 2. The molecule has 1 heterocycles. The summed E-state index contributed by atoms with van der Waals surface area (Å²) in [5, 5.41) is 12.6. The first-order valence-corrected chi connectivity index (χ1v) is 10.6. The number of benzene rings is 2. The van der Waals surface area contributed by atoms with Gasteiger partial charge < -0.3 is 24.8 Å². The molecular formula is C24H32N2O4. The van der Waals surface area contributed by atoms with Crippen LogP contribution in [0.25, 0.3) is 0 Å². The molecular weight excluding hydrogens is 380 g/mol. The van der Waals surface area contributed by atoms with Gasteiger partial charge in [-0.3, -0.25) is 0 Å². The highest BCUT2D eigenvalue weighted by molar-refractivity contribution is 5.72. The van der Waals surface area contributed by atoms with Crippen LogP contribution in [0.2, 0.25) is 0 Å². The first-order valence-electron chi connectivity index (χ1n) is 10.6. The lowest BCUT2D eigenvalue weighted by molar-refractivity contribution is -0.148. The van der Waals surface area contributed by atoms with Gasteiger partial charge in [-0.2, -0.15) is 0 Å². The van der Waals surface area contributed by atoms with E-state index in [1.165, 1.54) is 12.8 Å². The van der Waals surface area contributed by atoms with Gasteiger partial charge in [0.2, 0.25) is 0 Å². The Labute approximate surface area is 178 Å². The van der Waals surface area contributed by atoms with E-state index in [1.54, 1.807) is 0 Å². The van der Waals surface area contributed by atoms with E-state index in [-0.39, 0.29) is 0 Å². The molecule has 162 valence electrons. The monoisotopic (exact) mass is 412 g/mol. The predicted octanol–water partition coefficient (Wildman–Crippen LogP) is 4.05. The number of aliphatic carboxylic acids is 1. The minimum absolute atomic E-state index is 0.360. The minimum Gasteiger partial charge on any atom is -0.489 e. The zero-order valence-corrected chi connectivity index (χ0v) is 18.0. The lowest BCUT2D eigenvalue weighted by Crippen LogP contribution is -2.47. The molecule has 1 aliphatic heterocycles. The van der Waals surface area contributed by atoms with Crippen molar-refractivity contribution in [2.24, 2.45) is 5.92 Å². The van der Waals surface area contributed by atoms with E-state index in [9.17, 15) is 4.79 Å². The van der Waals surface area contributed by atoms with Crippen LogP contribution in [0.1, 0.15) is 25.8 Å². The van der Waals surface area contributed by atoms with Crippen LogP contribution in [0.4, 0.5) is 11.4 Å². The maximum absolute atomic E-state index is 11.1. The SMILES string of the molecule is COC(Cc1ccc(NCCCN2c3ccccc3OCC2C(C)C)cc1)C(=O)O. The molecule has 30 heavy (non-hydrogen) atoms. The number of ether oxygens (including phenoxy) is 2. The van der Waals surface area contributed by atoms with Crippen molar-refractivity contribution >= 4 is 17.3 Å². The van der Waals surface area contributed by atoms with E-state index in [0.717, 1.165) is 43.1 Å². The van der Waals surface area contributed by atoms with E-state index >= 15 is 0 Å². The van der Waals surface area contributed by atoms with Crippen LogP contribution in [0, 0.1) is 5.92 Å². The third-order valence-electron chi connectivity index (χ3n) is 5.59. The number of carboxylic acid groups (broad SMARTS) is 1. The smallest absolute Gasteiger partial charge is 0.333 e. The number of hydrogen-bond acceptors (Lipinski definition) is 5. The molecule has 0 bridgehead atoms. The summed E-state index contributed by atoms with van der Waals surface area (Å²) in [6.45, 7) is 7.03. The molecule has 2 N–H and O–H groups in total. The van der Waals surface area contributed by atoms with Crippen molar-refractivity contribution < 1.29 is 19.4 Å². The molecule has 6 heteroatoms. The molecule has 1 aliphatic rings. The molecule has 0 radical (unpaired) electrons. The Morgan fingerprint density at radius 2 is 1.97 bits per heavy atom. The van der Waals surface area contributed by atoms with Crippen molar-refractivity contribution in [1.29, 1.82) is 0 Å². The molecule has 0 amide bonds. The number of rotatable bonds is 10. The molecule has 3 rings (SSSR count). The Morgan fingerprint density at radius 1 is 1.23 bits per heavy atom. The van der Waals surface area contributed by atoms with Crippen molar-refractivity contribution in [3.05, 3.63) is 54.1 Å². The number of anilines is 2. The van der Waals surface area contributed by atoms with E-state index in [1.807, 2.05) is 36.4 Å². The lowest BCUT2D eigenvalue weighted by atomic mass is 10.0. The van der Waals surface area contributed by atoms with Crippen LogP contribution in [0.15, 0.2) is 48.5 Å². The van der Waals surface area contributed by atoms with Crippen molar-refractivity contribution in [2.75, 3.05) is 37.0 Å². The molecule has 0 spiro atoms.